The van der Waals surface area contributed by atoms with E-state index in [0.717, 1.165) is 12.1 Å². The first-order valence-corrected chi connectivity index (χ1v) is 7.24. The summed E-state index contributed by atoms with van der Waals surface area (Å²) >= 11 is 0. The smallest absolute Gasteiger partial charge is 0.261 e. The Kier molecular flexibility index (Phi) is 4.07. The minimum atomic E-state index is -3.88. The predicted octanol–water partition coefficient (Wildman–Crippen LogP) is 1.78. The second kappa shape index (κ2) is 5.78. The molecule has 0 heterocycles. The molecule has 0 spiro atoms. The van der Waals surface area contributed by atoms with E-state index in [2.05, 4.69) is 10.1 Å². The van der Waals surface area contributed by atoms with Gasteiger partial charge in [-0.25, -0.2) is 12.8 Å². The normalized spacial score (nSPS) is 10.7. The highest BCUT2D eigenvalue weighted by atomic mass is 32.2. The van der Waals surface area contributed by atoms with Crippen molar-refractivity contribution >= 4 is 21.4 Å². The molecule has 0 aromatic heterocycles. The quantitative estimate of drug-likeness (QED) is 0.589. The largest absolute Gasteiger partial charge is 0.324 e. The molecule has 0 amide bonds. The van der Waals surface area contributed by atoms with Gasteiger partial charge in [-0.05, 0) is 42.5 Å². The molecule has 21 heavy (non-hydrogen) atoms. The van der Waals surface area contributed by atoms with Gasteiger partial charge in [0.15, 0.2) is 0 Å². The van der Waals surface area contributed by atoms with Gasteiger partial charge >= 0.3 is 0 Å². The maximum Gasteiger partial charge on any atom is 0.261 e. The number of nitriles is 1. The van der Waals surface area contributed by atoms with Crippen LogP contribution in [0, 0.1) is 17.1 Å². The van der Waals surface area contributed by atoms with Crippen molar-refractivity contribution in [2.75, 3.05) is 10.1 Å². The van der Waals surface area contributed by atoms with Gasteiger partial charge in [0, 0.05) is 5.69 Å². The molecule has 0 saturated carbocycles. The summed E-state index contributed by atoms with van der Waals surface area (Å²) in [7, 11) is -3.88. The molecule has 8 heteroatoms. The first-order chi connectivity index (χ1) is 9.96. The Morgan fingerprint density at radius 3 is 2.38 bits per heavy atom. The van der Waals surface area contributed by atoms with Crippen molar-refractivity contribution in [3.05, 3.63) is 53.8 Å². The van der Waals surface area contributed by atoms with E-state index in [4.69, 9.17) is 11.1 Å². The second-order valence-electron chi connectivity index (χ2n) is 4.08. The molecule has 2 aromatic carbocycles. The number of nitrogen functional groups attached to an aromatic ring is 1. The summed E-state index contributed by atoms with van der Waals surface area (Å²) in [6, 6.07) is 10.6. The first-order valence-electron chi connectivity index (χ1n) is 5.75. The molecule has 108 valence electrons. The zero-order valence-corrected chi connectivity index (χ0v) is 11.5. The predicted molar refractivity (Wildman–Crippen MR) is 76.2 cm³/mol. The Hall–Kier alpha value is -2.63. The molecule has 4 N–H and O–H groups in total. The summed E-state index contributed by atoms with van der Waals surface area (Å²) in [6.45, 7) is 0. The lowest BCUT2D eigenvalue weighted by atomic mass is 10.2. The number of rotatable bonds is 4. The number of hydrazine groups is 1. The van der Waals surface area contributed by atoms with Gasteiger partial charge < -0.3 is 5.43 Å². The molecule has 2 aromatic rings. The molecular weight excluding hydrogens is 295 g/mol. The zero-order chi connectivity index (χ0) is 15.5. The van der Waals surface area contributed by atoms with Gasteiger partial charge in [-0.3, -0.25) is 10.6 Å². The van der Waals surface area contributed by atoms with Crippen LogP contribution in [0.1, 0.15) is 5.56 Å². The zero-order valence-electron chi connectivity index (χ0n) is 10.7. The monoisotopic (exact) mass is 306 g/mol. The number of benzene rings is 2. The van der Waals surface area contributed by atoms with E-state index in [1.165, 1.54) is 30.3 Å². The molecule has 0 atom stereocenters. The van der Waals surface area contributed by atoms with Crippen LogP contribution in [-0.4, -0.2) is 8.42 Å². The number of hydrogen-bond donors (Lipinski definition) is 3. The maximum atomic E-state index is 13.0. The van der Waals surface area contributed by atoms with Crippen LogP contribution in [-0.2, 0) is 10.0 Å². The molecule has 0 saturated heterocycles. The van der Waals surface area contributed by atoms with Crippen LogP contribution in [0.25, 0.3) is 0 Å². The molecule has 0 fully saturated rings. The van der Waals surface area contributed by atoms with Gasteiger partial charge in [-0.15, -0.1) is 0 Å². The molecule has 0 aliphatic rings. The van der Waals surface area contributed by atoms with E-state index in [0.29, 0.717) is 5.69 Å². The lowest BCUT2D eigenvalue weighted by Gasteiger charge is -2.10. The molecule has 0 radical (unpaired) electrons. The Labute approximate surface area is 121 Å². The van der Waals surface area contributed by atoms with Crippen molar-refractivity contribution < 1.29 is 12.8 Å². The number of nitrogens with one attached hydrogen (secondary N) is 2. The Balaban J connectivity index is 2.35. The van der Waals surface area contributed by atoms with Gasteiger partial charge in [0.2, 0.25) is 0 Å². The summed E-state index contributed by atoms with van der Waals surface area (Å²) < 4.78 is 39.7. The highest BCUT2D eigenvalue weighted by molar-refractivity contribution is 7.92. The van der Waals surface area contributed by atoms with Crippen LogP contribution < -0.4 is 16.0 Å². The number of anilines is 2. The standard InChI is InChI=1S/C13H11FN4O2S/c14-10-1-6-13(9(7-10)8-15)18-21(19,20)12-4-2-11(17-16)3-5-12/h1-7,17-18H,16H2. The van der Waals surface area contributed by atoms with E-state index in [9.17, 15) is 12.8 Å². The molecule has 0 bridgehead atoms. The summed E-state index contributed by atoms with van der Waals surface area (Å²) in [4.78, 5) is -0.00489. The fourth-order valence-corrected chi connectivity index (χ4v) is 2.71. The number of nitrogens with zero attached hydrogens (tertiary/aromatic N) is 1. The third-order valence-electron chi connectivity index (χ3n) is 2.68. The van der Waals surface area contributed by atoms with Crippen LogP contribution in [0.5, 0.6) is 0 Å². The van der Waals surface area contributed by atoms with E-state index >= 15 is 0 Å². The molecule has 0 unspecified atom stereocenters. The average Bonchev–Trinajstić information content (AvgIpc) is 2.49. The van der Waals surface area contributed by atoms with Crippen LogP contribution in [0.3, 0.4) is 0 Å². The van der Waals surface area contributed by atoms with E-state index in [1.54, 1.807) is 6.07 Å². The average molecular weight is 306 g/mol. The Bertz CT molecular complexity index is 798. The van der Waals surface area contributed by atoms with Gasteiger partial charge in [0.05, 0.1) is 16.1 Å². The number of nitrogens with two attached hydrogens (primary N) is 1. The summed E-state index contributed by atoms with van der Waals surface area (Å²) in [5.41, 5.74) is 2.84. The summed E-state index contributed by atoms with van der Waals surface area (Å²) in [6.07, 6.45) is 0. The first kappa shape index (κ1) is 14.8. The minimum Gasteiger partial charge on any atom is -0.324 e. The Morgan fingerprint density at radius 1 is 1.14 bits per heavy atom. The second-order valence-corrected chi connectivity index (χ2v) is 5.76. The van der Waals surface area contributed by atoms with Crippen LogP contribution in [0.4, 0.5) is 15.8 Å². The SMILES string of the molecule is N#Cc1cc(F)ccc1NS(=O)(=O)c1ccc(NN)cc1. The van der Waals surface area contributed by atoms with Crippen molar-refractivity contribution in [1.29, 1.82) is 5.26 Å². The third-order valence-corrected chi connectivity index (χ3v) is 4.06. The minimum absolute atomic E-state index is 0.00489. The van der Waals surface area contributed by atoms with Gasteiger partial charge in [-0.2, -0.15) is 5.26 Å². The van der Waals surface area contributed by atoms with Crippen LogP contribution >= 0.6 is 0 Å². The highest BCUT2D eigenvalue weighted by Crippen LogP contribution is 2.21. The van der Waals surface area contributed by atoms with E-state index in [-0.39, 0.29) is 16.1 Å². The van der Waals surface area contributed by atoms with Gasteiger partial charge in [0.1, 0.15) is 11.9 Å². The van der Waals surface area contributed by atoms with Crippen molar-refractivity contribution in [2.24, 2.45) is 5.84 Å². The third kappa shape index (κ3) is 3.28. The van der Waals surface area contributed by atoms with Crippen molar-refractivity contribution in [1.82, 2.24) is 0 Å². The van der Waals surface area contributed by atoms with Gasteiger partial charge in [0.25, 0.3) is 10.0 Å². The van der Waals surface area contributed by atoms with E-state index in [1.807, 2.05) is 0 Å². The van der Waals surface area contributed by atoms with Crippen LogP contribution in [0.15, 0.2) is 47.4 Å². The topological polar surface area (TPSA) is 108 Å². The van der Waals surface area contributed by atoms with Crippen LogP contribution in [0.2, 0.25) is 0 Å². The summed E-state index contributed by atoms with van der Waals surface area (Å²) in [5, 5.41) is 8.90. The number of sulfonamides is 1. The number of halogens is 1. The van der Waals surface area contributed by atoms with Crippen molar-refractivity contribution in [3.63, 3.8) is 0 Å². The van der Waals surface area contributed by atoms with Gasteiger partial charge in [-0.1, -0.05) is 0 Å². The maximum absolute atomic E-state index is 13.0. The molecule has 6 nitrogen and oxygen atoms in total. The molecular formula is C13H11FN4O2S. The van der Waals surface area contributed by atoms with Crippen molar-refractivity contribution in [3.8, 4) is 6.07 Å². The number of hydrogen-bond acceptors (Lipinski definition) is 5. The molecule has 2 rings (SSSR count). The fourth-order valence-electron chi connectivity index (χ4n) is 1.63. The fraction of sp³-hybridized carbons (Fsp3) is 0. The highest BCUT2D eigenvalue weighted by Gasteiger charge is 2.16. The van der Waals surface area contributed by atoms with E-state index < -0.39 is 15.8 Å². The molecule has 0 aliphatic carbocycles. The summed E-state index contributed by atoms with van der Waals surface area (Å²) in [5.74, 6) is 4.58. The van der Waals surface area contributed by atoms with Crippen molar-refractivity contribution in [2.45, 2.75) is 4.90 Å². The Morgan fingerprint density at radius 2 is 1.81 bits per heavy atom. The lowest BCUT2D eigenvalue weighted by Crippen LogP contribution is -2.14. The lowest BCUT2D eigenvalue weighted by molar-refractivity contribution is 0.601. The molecule has 0 aliphatic heterocycles.